The molecule has 2 aromatic carbocycles. The molecule has 0 spiro atoms. The second-order valence-electron chi connectivity index (χ2n) is 6.35. The van der Waals surface area contributed by atoms with Crippen LogP contribution in [0.5, 0.6) is 11.5 Å². The average molecular weight is 383 g/mol. The predicted molar refractivity (Wildman–Crippen MR) is 97.8 cm³/mol. The van der Waals surface area contributed by atoms with E-state index in [1.165, 1.54) is 6.07 Å². The van der Waals surface area contributed by atoms with Gasteiger partial charge in [0.05, 0.1) is 0 Å². The quantitative estimate of drug-likeness (QED) is 0.869. The molecule has 1 heterocycles. The number of nitrogens with zero attached hydrogens (tertiary/aromatic N) is 1. The number of nitrogens with two attached hydrogens (primary N) is 1. The van der Waals surface area contributed by atoms with Gasteiger partial charge in [-0.3, -0.25) is 4.79 Å². The lowest BCUT2D eigenvalue weighted by atomic mass is 10.1. The Kier molecular flexibility index (Phi) is 6.56. The van der Waals surface area contributed by atoms with E-state index in [0.29, 0.717) is 30.3 Å². The Balaban J connectivity index is 0.00000243. The second kappa shape index (κ2) is 8.47. The zero-order chi connectivity index (χ0) is 18.0. The van der Waals surface area contributed by atoms with Gasteiger partial charge in [-0.2, -0.15) is 0 Å². The standard InChI is InChI=1S/C19H20F2N2O2.ClH/c1-12-8-13(10-22)11-23(12)19(24)14-2-4-15(5-3-14)25-16-6-7-17(20)18(21)9-16;/h2-7,9,12-13H,8,10-11,22H2,1H3;1H. The van der Waals surface area contributed by atoms with Crippen LogP contribution in [0.2, 0.25) is 0 Å². The molecular weight excluding hydrogens is 362 g/mol. The molecule has 26 heavy (non-hydrogen) atoms. The van der Waals surface area contributed by atoms with Crippen LogP contribution in [0, 0.1) is 17.6 Å². The number of hydrogen-bond acceptors (Lipinski definition) is 3. The van der Waals surface area contributed by atoms with E-state index in [4.69, 9.17) is 10.5 Å². The fourth-order valence-corrected chi connectivity index (χ4v) is 3.10. The topological polar surface area (TPSA) is 55.6 Å². The van der Waals surface area contributed by atoms with E-state index in [9.17, 15) is 13.6 Å². The van der Waals surface area contributed by atoms with Crippen LogP contribution in [-0.2, 0) is 0 Å². The minimum atomic E-state index is -0.971. The fraction of sp³-hybridized carbons (Fsp3) is 0.316. The molecule has 2 unspecified atom stereocenters. The molecule has 140 valence electrons. The van der Waals surface area contributed by atoms with Gasteiger partial charge in [-0.25, -0.2) is 8.78 Å². The van der Waals surface area contributed by atoms with E-state index >= 15 is 0 Å². The highest BCUT2D eigenvalue weighted by molar-refractivity contribution is 5.94. The molecule has 0 saturated carbocycles. The zero-order valence-corrected chi connectivity index (χ0v) is 15.1. The first-order valence-electron chi connectivity index (χ1n) is 8.22. The first-order valence-corrected chi connectivity index (χ1v) is 8.22. The summed E-state index contributed by atoms with van der Waals surface area (Å²) in [5.74, 6) is -0.961. The predicted octanol–water partition coefficient (Wildman–Crippen LogP) is 3.99. The summed E-state index contributed by atoms with van der Waals surface area (Å²) in [6.45, 7) is 3.27. The molecule has 0 bridgehead atoms. The van der Waals surface area contributed by atoms with E-state index in [0.717, 1.165) is 18.6 Å². The molecule has 0 radical (unpaired) electrons. The SMILES string of the molecule is CC1CC(CN)CN1C(=O)c1ccc(Oc2ccc(F)c(F)c2)cc1.Cl. The van der Waals surface area contributed by atoms with Gasteiger partial charge in [0.2, 0.25) is 0 Å². The Morgan fingerprint density at radius 1 is 1.15 bits per heavy atom. The van der Waals surface area contributed by atoms with Gasteiger partial charge in [0.1, 0.15) is 11.5 Å². The third-order valence-electron chi connectivity index (χ3n) is 4.48. The molecule has 4 nitrogen and oxygen atoms in total. The van der Waals surface area contributed by atoms with Gasteiger partial charge >= 0.3 is 0 Å². The van der Waals surface area contributed by atoms with Crippen molar-refractivity contribution in [2.24, 2.45) is 11.7 Å². The summed E-state index contributed by atoms with van der Waals surface area (Å²) in [6, 6.07) is 10.1. The van der Waals surface area contributed by atoms with Crippen molar-refractivity contribution < 1.29 is 18.3 Å². The van der Waals surface area contributed by atoms with Gasteiger partial charge in [-0.1, -0.05) is 0 Å². The molecule has 2 aromatic rings. The van der Waals surface area contributed by atoms with E-state index < -0.39 is 11.6 Å². The van der Waals surface area contributed by atoms with E-state index in [1.807, 2.05) is 11.8 Å². The minimum Gasteiger partial charge on any atom is -0.457 e. The lowest BCUT2D eigenvalue weighted by Crippen LogP contribution is -2.34. The molecule has 0 aliphatic carbocycles. The third kappa shape index (κ3) is 4.31. The van der Waals surface area contributed by atoms with Gasteiger partial charge in [0.25, 0.3) is 5.91 Å². The van der Waals surface area contributed by atoms with Crippen LogP contribution < -0.4 is 10.5 Å². The van der Waals surface area contributed by atoms with Crippen LogP contribution in [0.4, 0.5) is 8.78 Å². The molecule has 0 aromatic heterocycles. The summed E-state index contributed by atoms with van der Waals surface area (Å²) in [4.78, 5) is 14.5. The van der Waals surface area contributed by atoms with Gasteiger partial charge in [-0.05, 0) is 62.2 Å². The van der Waals surface area contributed by atoms with Gasteiger partial charge in [-0.15, -0.1) is 12.4 Å². The first kappa shape index (κ1) is 20.1. The Labute approximate surface area is 157 Å². The molecule has 1 aliphatic rings. The van der Waals surface area contributed by atoms with Gasteiger partial charge < -0.3 is 15.4 Å². The van der Waals surface area contributed by atoms with E-state index in [1.54, 1.807) is 24.3 Å². The molecule has 1 aliphatic heterocycles. The van der Waals surface area contributed by atoms with Crippen LogP contribution in [-0.4, -0.2) is 29.9 Å². The number of hydrogen-bond donors (Lipinski definition) is 1. The van der Waals surface area contributed by atoms with Crippen molar-refractivity contribution in [3.63, 3.8) is 0 Å². The smallest absolute Gasteiger partial charge is 0.254 e. The highest BCUT2D eigenvalue weighted by Gasteiger charge is 2.31. The summed E-state index contributed by atoms with van der Waals surface area (Å²) >= 11 is 0. The highest BCUT2D eigenvalue weighted by atomic mass is 35.5. The van der Waals surface area contributed by atoms with Crippen molar-refractivity contribution in [1.29, 1.82) is 0 Å². The average Bonchev–Trinajstić information content (AvgIpc) is 2.99. The van der Waals surface area contributed by atoms with Crippen LogP contribution in [0.1, 0.15) is 23.7 Å². The van der Waals surface area contributed by atoms with Crippen LogP contribution in [0.3, 0.4) is 0 Å². The third-order valence-corrected chi connectivity index (χ3v) is 4.48. The van der Waals surface area contributed by atoms with Crippen molar-refractivity contribution in [1.82, 2.24) is 4.90 Å². The first-order chi connectivity index (χ1) is 12.0. The molecule has 1 amide bonds. The number of halogens is 3. The number of likely N-dealkylation sites (tertiary alicyclic amines) is 1. The molecule has 1 saturated heterocycles. The lowest BCUT2D eigenvalue weighted by Gasteiger charge is -2.21. The highest BCUT2D eigenvalue weighted by Crippen LogP contribution is 2.26. The van der Waals surface area contributed by atoms with Crippen molar-refractivity contribution in [2.75, 3.05) is 13.1 Å². The largest absolute Gasteiger partial charge is 0.457 e. The van der Waals surface area contributed by atoms with Gasteiger partial charge in [0, 0.05) is 24.2 Å². The normalized spacial score (nSPS) is 19.2. The maximum Gasteiger partial charge on any atom is 0.254 e. The molecule has 3 rings (SSSR count). The van der Waals surface area contributed by atoms with Crippen LogP contribution >= 0.6 is 12.4 Å². The van der Waals surface area contributed by atoms with E-state index in [-0.39, 0.29) is 30.1 Å². The molecule has 7 heteroatoms. The summed E-state index contributed by atoms with van der Waals surface area (Å²) in [5, 5.41) is 0. The molecule has 1 fully saturated rings. The Morgan fingerprint density at radius 2 is 1.81 bits per heavy atom. The summed E-state index contributed by atoms with van der Waals surface area (Å²) in [6.07, 6.45) is 0.916. The minimum absolute atomic E-state index is 0. The maximum absolute atomic E-state index is 13.2. The molecule has 2 N–H and O–H groups in total. The number of amides is 1. The second-order valence-corrected chi connectivity index (χ2v) is 6.35. The Morgan fingerprint density at radius 3 is 2.38 bits per heavy atom. The van der Waals surface area contributed by atoms with Gasteiger partial charge in [0.15, 0.2) is 11.6 Å². The molecule has 2 atom stereocenters. The summed E-state index contributed by atoms with van der Waals surface area (Å²) in [5.41, 5.74) is 6.26. The number of ether oxygens (including phenoxy) is 1. The van der Waals surface area contributed by atoms with E-state index in [2.05, 4.69) is 0 Å². The number of rotatable bonds is 4. The zero-order valence-electron chi connectivity index (χ0n) is 14.3. The molecular formula is C19H21ClF2N2O2. The lowest BCUT2D eigenvalue weighted by molar-refractivity contribution is 0.0743. The maximum atomic E-state index is 13.2. The van der Waals surface area contributed by atoms with Crippen LogP contribution in [0.25, 0.3) is 0 Å². The summed E-state index contributed by atoms with van der Waals surface area (Å²) in [7, 11) is 0. The number of carbonyl (C=O) groups is 1. The van der Waals surface area contributed by atoms with Crippen molar-refractivity contribution in [2.45, 2.75) is 19.4 Å². The Bertz CT molecular complexity index is 771. The van der Waals surface area contributed by atoms with Crippen molar-refractivity contribution in [3.05, 3.63) is 59.7 Å². The van der Waals surface area contributed by atoms with Crippen molar-refractivity contribution in [3.8, 4) is 11.5 Å². The number of carbonyl (C=O) groups excluding carboxylic acids is 1. The Hall–Kier alpha value is -2.18. The van der Waals surface area contributed by atoms with Crippen LogP contribution in [0.15, 0.2) is 42.5 Å². The summed E-state index contributed by atoms with van der Waals surface area (Å²) < 4.78 is 31.6. The fourth-order valence-electron chi connectivity index (χ4n) is 3.10. The van der Waals surface area contributed by atoms with Crippen molar-refractivity contribution >= 4 is 18.3 Å². The number of benzene rings is 2. The monoisotopic (exact) mass is 382 g/mol.